The summed E-state index contributed by atoms with van der Waals surface area (Å²) in [6.07, 6.45) is 14.5. The van der Waals surface area contributed by atoms with Crippen LogP contribution in [0, 0.1) is 46.8 Å². The largest absolute Gasteiger partial charge is 0.481 e. The van der Waals surface area contributed by atoms with Gasteiger partial charge in [0.05, 0.1) is 5.71 Å². The number of terminal acetylenes is 1. The van der Waals surface area contributed by atoms with Crippen molar-refractivity contribution in [3.05, 3.63) is 11.6 Å². The van der Waals surface area contributed by atoms with Gasteiger partial charge in [-0.25, -0.2) is 4.79 Å². The van der Waals surface area contributed by atoms with Crippen molar-refractivity contribution in [3.63, 3.8) is 0 Å². The van der Waals surface area contributed by atoms with Crippen LogP contribution < -0.4 is 10.6 Å². The predicted molar refractivity (Wildman–Crippen MR) is 162 cm³/mol. The van der Waals surface area contributed by atoms with E-state index in [2.05, 4.69) is 41.6 Å². The van der Waals surface area contributed by atoms with Gasteiger partial charge in [-0.2, -0.15) is 0 Å². The summed E-state index contributed by atoms with van der Waals surface area (Å²) in [5.74, 6) is 0.0444. The fraction of sp³-hybridized carbons (Fsp3) is 0.727. The van der Waals surface area contributed by atoms with E-state index in [0.717, 1.165) is 44.2 Å². The molecule has 0 radical (unpaired) electrons. The lowest BCUT2D eigenvalue weighted by Crippen LogP contribution is -2.54. The second-order valence-electron chi connectivity index (χ2n) is 14.0. The highest BCUT2D eigenvalue weighted by Crippen LogP contribution is 2.67. The van der Waals surface area contributed by atoms with Gasteiger partial charge in [0, 0.05) is 11.8 Å². The number of oxime groups is 1. The molecule has 4 aliphatic rings. The first kappa shape index (κ1) is 33.5. The number of amides is 2. The fourth-order valence-corrected chi connectivity index (χ4v) is 8.61. The quantitative estimate of drug-likeness (QED) is 0.174. The molecule has 4 aliphatic carbocycles. The molecule has 0 spiro atoms. The topological polar surface area (TPSA) is 175 Å². The molecule has 11 nitrogen and oxygen atoms in total. The number of hydrogen-bond acceptors (Lipinski definition) is 7. The van der Waals surface area contributed by atoms with Gasteiger partial charge < -0.3 is 30.8 Å². The molecular formula is C33H47N3O8. The summed E-state index contributed by atoms with van der Waals surface area (Å²) in [5, 5.41) is 38.6. The molecule has 242 valence electrons. The molecule has 3 fully saturated rings. The molecule has 4 rings (SSSR count). The first-order valence-electron chi connectivity index (χ1n) is 15.8. The van der Waals surface area contributed by atoms with Crippen molar-refractivity contribution in [2.75, 3.05) is 6.61 Å². The van der Waals surface area contributed by atoms with Crippen LogP contribution >= 0.6 is 0 Å². The van der Waals surface area contributed by atoms with Crippen LogP contribution in [0.1, 0.15) is 91.9 Å². The minimum absolute atomic E-state index is 0.0492. The molecule has 0 heterocycles. The average Bonchev–Trinajstić information content (AvgIpc) is 3.24. The molecule has 0 unspecified atom stereocenters. The molecular weight excluding hydrogens is 566 g/mol. The smallest absolute Gasteiger partial charge is 0.326 e. The Labute approximate surface area is 259 Å². The normalized spacial score (nSPS) is 34.8. The van der Waals surface area contributed by atoms with E-state index in [-0.39, 0.29) is 23.2 Å². The van der Waals surface area contributed by atoms with Crippen LogP contribution in [0.2, 0.25) is 0 Å². The van der Waals surface area contributed by atoms with Crippen molar-refractivity contribution in [3.8, 4) is 12.3 Å². The Bertz CT molecular complexity index is 1270. The van der Waals surface area contributed by atoms with Crippen LogP contribution in [0.4, 0.5) is 0 Å². The minimum atomic E-state index is -1.39. The molecule has 11 heteroatoms. The summed E-state index contributed by atoms with van der Waals surface area (Å²) in [6, 6.07) is -2.42. The van der Waals surface area contributed by atoms with Gasteiger partial charge in [0.25, 0.3) is 5.91 Å². The number of aliphatic hydroxyl groups is 1. The zero-order valence-electron chi connectivity index (χ0n) is 26.2. The van der Waals surface area contributed by atoms with Gasteiger partial charge in [-0.3, -0.25) is 14.4 Å². The highest BCUT2D eigenvalue weighted by Gasteiger charge is 2.63. The Morgan fingerprint density at radius 3 is 2.41 bits per heavy atom. The van der Waals surface area contributed by atoms with Gasteiger partial charge in [-0.15, -0.1) is 6.42 Å². The molecule has 2 amide bonds. The molecule has 0 saturated heterocycles. The Morgan fingerprint density at radius 2 is 1.77 bits per heavy atom. The molecule has 0 bridgehead atoms. The van der Waals surface area contributed by atoms with Crippen LogP contribution in [0.5, 0.6) is 0 Å². The van der Waals surface area contributed by atoms with E-state index >= 15 is 0 Å². The zero-order valence-corrected chi connectivity index (χ0v) is 26.2. The number of rotatable bonds is 11. The van der Waals surface area contributed by atoms with Crippen LogP contribution in [0.15, 0.2) is 16.8 Å². The van der Waals surface area contributed by atoms with E-state index in [1.807, 2.05) is 0 Å². The molecule has 0 aromatic heterocycles. The molecule has 8 atom stereocenters. The first-order valence-corrected chi connectivity index (χ1v) is 15.8. The van der Waals surface area contributed by atoms with Crippen LogP contribution in [0.25, 0.3) is 0 Å². The monoisotopic (exact) mass is 613 g/mol. The number of carbonyl (C=O) groups is 4. The number of carboxylic acids is 2. The third-order valence-corrected chi connectivity index (χ3v) is 11.3. The lowest BCUT2D eigenvalue weighted by molar-refractivity contribution is -0.143. The lowest BCUT2D eigenvalue weighted by Gasteiger charge is -2.58. The van der Waals surface area contributed by atoms with Crippen molar-refractivity contribution < 1.29 is 39.3 Å². The number of hydrogen-bond donors (Lipinski definition) is 5. The summed E-state index contributed by atoms with van der Waals surface area (Å²) in [5.41, 5.74) is 0.931. The molecule has 5 N–H and O–H groups in total. The highest BCUT2D eigenvalue weighted by molar-refractivity contribution is 5.96. The van der Waals surface area contributed by atoms with E-state index in [1.54, 1.807) is 13.8 Å². The van der Waals surface area contributed by atoms with E-state index in [9.17, 15) is 29.4 Å². The number of carbonyl (C=O) groups excluding carboxylic acids is 2. The SMILES string of the molecule is C#C[C@@]1(O)CC[C@@H]2[C@@H]3CCC4=CC(=NOCC(=O)N[C@H](C(=O)N[C@H](CCC(=O)O)C(=O)O)C(C)C)CC[C@]4(C)[C@@H]3CC[C@@]21C. The van der Waals surface area contributed by atoms with Gasteiger partial charge in [0.2, 0.25) is 5.91 Å². The summed E-state index contributed by atoms with van der Waals surface area (Å²) in [6.45, 7) is 7.55. The number of nitrogens with one attached hydrogen (secondary N) is 2. The molecule has 0 aromatic rings. The first-order chi connectivity index (χ1) is 20.6. The maximum atomic E-state index is 12.8. The van der Waals surface area contributed by atoms with E-state index < -0.39 is 54.5 Å². The molecule has 0 aromatic carbocycles. The summed E-state index contributed by atoms with van der Waals surface area (Å²) < 4.78 is 0. The fourth-order valence-electron chi connectivity index (χ4n) is 8.61. The second kappa shape index (κ2) is 12.9. The number of carboxylic acid groups (broad SMARTS) is 2. The minimum Gasteiger partial charge on any atom is -0.481 e. The standard InChI is InChI=1S/C33H47N3O8/c1-6-33(43)16-13-24-22-8-7-20-17-21(11-14-31(20,4)23(22)12-15-32(24,33)5)36-44-18-26(37)35-28(19(2)3)29(40)34-25(30(41)42)9-10-27(38)39/h1,17,19,22-25,28,43H,7-16,18H2,2-5H3,(H,34,40)(H,35,37)(H,38,39)(H,41,42)/t22-,23-,24-,25-,28+,31+,32+,33-/m1/s1. The van der Waals surface area contributed by atoms with Crippen molar-refractivity contribution in [2.45, 2.75) is 110 Å². The molecule has 0 aliphatic heterocycles. The maximum Gasteiger partial charge on any atom is 0.326 e. The number of fused-ring (bicyclic) bond motifs is 5. The summed E-state index contributed by atoms with van der Waals surface area (Å²) >= 11 is 0. The van der Waals surface area contributed by atoms with Gasteiger partial charge in [0.15, 0.2) is 6.61 Å². The summed E-state index contributed by atoms with van der Waals surface area (Å²) in [4.78, 5) is 53.1. The van der Waals surface area contributed by atoms with Gasteiger partial charge in [0.1, 0.15) is 17.7 Å². The third kappa shape index (κ3) is 6.37. The highest BCUT2D eigenvalue weighted by atomic mass is 16.6. The Hall–Kier alpha value is -3.39. The number of nitrogens with zero attached hydrogens (tertiary/aromatic N) is 1. The predicted octanol–water partition coefficient (Wildman–Crippen LogP) is 3.26. The van der Waals surface area contributed by atoms with Crippen LogP contribution in [-0.4, -0.2) is 69.1 Å². The second-order valence-corrected chi connectivity index (χ2v) is 14.0. The van der Waals surface area contributed by atoms with Gasteiger partial charge in [-0.1, -0.05) is 44.3 Å². The summed E-state index contributed by atoms with van der Waals surface area (Å²) in [7, 11) is 0. The van der Waals surface area contributed by atoms with Crippen molar-refractivity contribution in [1.29, 1.82) is 0 Å². The Balaban J connectivity index is 1.34. The van der Waals surface area contributed by atoms with E-state index in [0.29, 0.717) is 30.6 Å². The number of aliphatic carboxylic acids is 2. The van der Waals surface area contributed by atoms with E-state index in [4.69, 9.17) is 16.4 Å². The zero-order chi connectivity index (χ0) is 32.4. The van der Waals surface area contributed by atoms with Crippen LogP contribution in [0.3, 0.4) is 0 Å². The van der Waals surface area contributed by atoms with Crippen LogP contribution in [-0.2, 0) is 24.0 Å². The Kier molecular flexibility index (Phi) is 9.84. The maximum absolute atomic E-state index is 12.8. The Morgan fingerprint density at radius 1 is 1.07 bits per heavy atom. The van der Waals surface area contributed by atoms with Gasteiger partial charge in [-0.05, 0) is 93.0 Å². The molecule has 44 heavy (non-hydrogen) atoms. The van der Waals surface area contributed by atoms with Crippen molar-refractivity contribution in [2.24, 2.45) is 39.7 Å². The van der Waals surface area contributed by atoms with E-state index in [1.165, 1.54) is 5.57 Å². The molecule has 3 saturated carbocycles. The van der Waals surface area contributed by atoms with Gasteiger partial charge >= 0.3 is 11.9 Å². The van der Waals surface area contributed by atoms with Crippen molar-refractivity contribution >= 4 is 29.5 Å². The van der Waals surface area contributed by atoms with Crippen molar-refractivity contribution in [1.82, 2.24) is 10.6 Å². The number of allylic oxidation sites excluding steroid dienone is 2. The lowest BCUT2D eigenvalue weighted by atomic mass is 9.46. The average molecular weight is 614 g/mol. The third-order valence-electron chi connectivity index (χ3n) is 11.3.